The summed E-state index contributed by atoms with van der Waals surface area (Å²) in [6, 6.07) is 8.84. The van der Waals surface area contributed by atoms with Crippen LogP contribution in [-0.2, 0) is 0 Å². The Balaban J connectivity index is 2.40. The Labute approximate surface area is 128 Å². The van der Waals surface area contributed by atoms with Gasteiger partial charge in [-0.15, -0.1) is 22.7 Å². The molecule has 18 heavy (non-hydrogen) atoms. The van der Waals surface area contributed by atoms with Gasteiger partial charge >= 0.3 is 0 Å². The fourth-order valence-corrected chi connectivity index (χ4v) is 5.62. The van der Waals surface area contributed by atoms with E-state index in [0.29, 0.717) is 0 Å². The van der Waals surface area contributed by atoms with Crippen LogP contribution in [0.25, 0.3) is 30.9 Å². The quantitative estimate of drug-likeness (QED) is 0.306. The van der Waals surface area contributed by atoms with E-state index in [1.54, 1.807) is 22.7 Å². The lowest BCUT2D eigenvalue weighted by atomic mass is 10.1. The highest BCUT2D eigenvalue weighted by atomic mass is 79.9. The van der Waals surface area contributed by atoms with Crippen LogP contribution in [0.3, 0.4) is 0 Å². The van der Waals surface area contributed by atoms with Gasteiger partial charge in [0.1, 0.15) is 0 Å². The Morgan fingerprint density at radius 2 is 1.11 bits per heavy atom. The molecule has 0 amide bonds. The summed E-state index contributed by atoms with van der Waals surface area (Å²) in [6.07, 6.45) is 0. The molecule has 88 valence electrons. The molecule has 0 saturated carbocycles. The lowest BCUT2D eigenvalue weighted by molar-refractivity contribution is 1.84. The summed E-state index contributed by atoms with van der Waals surface area (Å²) in [5.74, 6) is 0. The van der Waals surface area contributed by atoms with Crippen molar-refractivity contribution in [2.45, 2.75) is 0 Å². The van der Waals surface area contributed by atoms with Crippen molar-refractivity contribution >= 4 is 85.5 Å². The van der Waals surface area contributed by atoms with E-state index in [2.05, 4.69) is 66.9 Å². The second-order valence-corrected chi connectivity index (χ2v) is 7.68. The number of hydrogen-bond donors (Lipinski definition) is 0. The molecule has 0 unspecified atom stereocenters. The van der Waals surface area contributed by atoms with E-state index in [-0.39, 0.29) is 0 Å². The molecule has 0 spiro atoms. The Kier molecular flexibility index (Phi) is 2.56. The first-order valence-corrected chi connectivity index (χ1v) is 8.75. The number of fused-ring (bicyclic) bond motifs is 5. The highest BCUT2D eigenvalue weighted by molar-refractivity contribution is 9.11. The molecule has 0 saturated heterocycles. The Morgan fingerprint density at radius 3 is 1.56 bits per heavy atom. The molecule has 0 fully saturated rings. The minimum Gasteiger partial charge on any atom is -0.143 e. The third-order valence-corrected chi connectivity index (χ3v) is 6.37. The summed E-state index contributed by atoms with van der Waals surface area (Å²) in [7, 11) is 0. The van der Waals surface area contributed by atoms with Crippen LogP contribution in [-0.4, -0.2) is 0 Å². The van der Waals surface area contributed by atoms with Gasteiger partial charge in [0, 0.05) is 39.9 Å². The topological polar surface area (TPSA) is 0 Å². The Bertz CT molecular complexity index is 826. The Hall–Kier alpha value is -0.420. The van der Waals surface area contributed by atoms with Gasteiger partial charge in [0.2, 0.25) is 0 Å². The van der Waals surface area contributed by atoms with Gasteiger partial charge in [0.05, 0.1) is 0 Å². The average molecular weight is 398 g/mol. The molecule has 2 aromatic carbocycles. The van der Waals surface area contributed by atoms with Gasteiger partial charge in [-0.25, -0.2) is 0 Å². The van der Waals surface area contributed by atoms with Crippen molar-refractivity contribution in [1.29, 1.82) is 0 Å². The maximum Gasteiger partial charge on any atom is 0.0433 e. The molecular formula is C14H6Br2S2. The van der Waals surface area contributed by atoms with Gasteiger partial charge in [0.25, 0.3) is 0 Å². The second-order valence-electron chi connectivity index (χ2n) is 4.14. The zero-order valence-corrected chi connectivity index (χ0v) is 13.8. The number of benzene rings is 2. The van der Waals surface area contributed by atoms with Crippen LogP contribution in [0.1, 0.15) is 0 Å². The van der Waals surface area contributed by atoms with Crippen LogP contribution in [0.15, 0.2) is 44.0 Å². The summed E-state index contributed by atoms with van der Waals surface area (Å²) >= 11 is 11.0. The van der Waals surface area contributed by atoms with Crippen LogP contribution < -0.4 is 0 Å². The maximum absolute atomic E-state index is 3.69. The number of hydrogen-bond acceptors (Lipinski definition) is 2. The largest absolute Gasteiger partial charge is 0.143 e. The fourth-order valence-electron chi connectivity index (χ4n) is 2.35. The molecule has 0 aliphatic heterocycles. The molecule has 0 aliphatic rings. The lowest BCUT2D eigenvalue weighted by Crippen LogP contribution is -1.77. The van der Waals surface area contributed by atoms with E-state index in [0.717, 1.165) is 0 Å². The van der Waals surface area contributed by atoms with Crippen molar-refractivity contribution in [2.24, 2.45) is 0 Å². The molecular weight excluding hydrogens is 392 g/mol. The predicted octanol–water partition coefficient (Wildman–Crippen LogP) is 6.79. The van der Waals surface area contributed by atoms with Crippen LogP contribution in [0.4, 0.5) is 0 Å². The summed E-state index contributed by atoms with van der Waals surface area (Å²) in [6.45, 7) is 0. The first-order chi connectivity index (χ1) is 8.75. The van der Waals surface area contributed by atoms with Crippen molar-refractivity contribution in [1.82, 2.24) is 0 Å². The normalized spacial score (nSPS) is 11.9. The van der Waals surface area contributed by atoms with Crippen molar-refractivity contribution in [3.05, 3.63) is 44.0 Å². The molecule has 2 heterocycles. The standard InChI is InChI=1S/C14H6Br2S2/c15-11-5-10-9(13-7(11)1-3-17-13)6-12(16)8-2-4-18-14(8)10/h1-6H. The van der Waals surface area contributed by atoms with E-state index in [1.165, 1.54) is 39.9 Å². The molecule has 0 nitrogen and oxygen atoms in total. The van der Waals surface area contributed by atoms with Crippen molar-refractivity contribution in [3.63, 3.8) is 0 Å². The van der Waals surface area contributed by atoms with E-state index >= 15 is 0 Å². The fraction of sp³-hybridized carbons (Fsp3) is 0. The van der Waals surface area contributed by atoms with Gasteiger partial charge in [-0.3, -0.25) is 0 Å². The SMILES string of the molecule is Brc1cc2c(cc(Br)c3ccsc32)c2sccc12. The zero-order valence-electron chi connectivity index (χ0n) is 9.04. The molecule has 0 aliphatic carbocycles. The summed E-state index contributed by atoms with van der Waals surface area (Å²) in [4.78, 5) is 0. The van der Waals surface area contributed by atoms with E-state index in [1.807, 2.05) is 0 Å². The van der Waals surface area contributed by atoms with Gasteiger partial charge in [-0.2, -0.15) is 0 Å². The van der Waals surface area contributed by atoms with Crippen molar-refractivity contribution in [2.75, 3.05) is 0 Å². The summed E-state index contributed by atoms with van der Waals surface area (Å²) in [5.41, 5.74) is 0. The molecule has 0 bridgehead atoms. The molecule has 4 heteroatoms. The molecule has 2 aromatic heterocycles. The highest BCUT2D eigenvalue weighted by Gasteiger charge is 2.11. The van der Waals surface area contributed by atoms with Gasteiger partial charge in [-0.05, 0) is 35.0 Å². The molecule has 0 atom stereocenters. The van der Waals surface area contributed by atoms with Gasteiger partial charge in [-0.1, -0.05) is 31.9 Å². The third kappa shape index (κ3) is 1.46. The van der Waals surface area contributed by atoms with Crippen molar-refractivity contribution in [3.8, 4) is 0 Å². The zero-order chi connectivity index (χ0) is 12.3. The second kappa shape index (κ2) is 4.04. The smallest absolute Gasteiger partial charge is 0.0433 e. The molecule has 0 N–H and O–H groups in total. The number of halogens is 2. The van der Waals surface area contributed by atoms with Gasteiger partial charge < -0.3 is 0 Å². The molecule has 0 radical (unpaired) electrons. The van der Waals surface area contributed by atoms with Crippen LogP contribution >= 0.6 is 54.5 Å². The highest BCUT2D eigenvalue weighted by Crippen LogP contribution is 2.42. The summed E-state index contributed by atoms with van der Waals surface area (Å²) in [5, 5.41) is 9.59. The first kappa shape index (κ1) is 11.4. The van der Waals surface area contributed by atoms with Crippen molar-refractivity contribution < 1.29 is 0 Å². The molecule has 4 rings (SSSR count). The summed E-state index contributed by atoms with van der Waals surface area (Å²) < 4.78 is 5.08. The Morgan fingerprint density at radius 1 is 0.667 bits per heavy atom. The van der Waals surface area contributed by atoms with Gasteiger partial charge in [0.15, 0.2) is 0 Å². The molecule has 4 aromatic rings. The van der Waals surface area contributed by atoms with Crippen LogP contribution in [0, 0.1) is 0 Å². The third-order valence-electron chi connectivity index (χ3n) is 3.17. The van der Waals surface area contributed by atoms with E-state index in [9.17, 15) is 0 Å². The lowest BCUT2D eigenvalue weighted by Gasteiger charge is -2.05. The van der Waals surface area contributed by atoms with Crippen LogP contribution in [0.2, 0.25) is 0 Å². The van der Waals surface area contributed by atoms with E-state index < -0.39 is 0 Å². The van der Waals surface area contributed by atoms with E-state index in [4.69, 9.17) is 0 Å². The van der Waals surface area contributed by atoms with Crippen LogP contribution in [0.5, 0.6) is 0 Å². The monoisotopic (exact) mass is 396 g/mol. The predicted molar refractivity (Wildman–Crippen MR) is 90.1 cm³/mol. The first-order valence-electron chi connectivity index (χ1n) is 5.41. The average Bonchev–Trinajstić information content (AvgIpc) is 2.98. The minimum absolute atomic E-state index is 1.18. The maximum atomic E-state index is 3.69. The minimum atomic E-state index is 1.18. The number of rotatable bonds is 0. The number of thiophene rings is 2.